The topological polar surface area (TPSA) is 58.6 Å². The summed E-state index contributed by atoms with van der Waals surface area (Å²) < 4.78 is 4.86. The summed E-state index contributed by atoms with van der Waals surface area (Å²) in [6, 6.07) is 8.05. The van der Waals surface area contributed by atoms with Crippen molar-refractivity contribution in [2.45, 2.75) is 6.92 Å². The maximum Gasteiger partial charge on any atom is 0.422 e. The fourth-order valence-corrected chi connectivity index (χ4v) is 1.31. The van der Waals surface area contributed by atoms with Crippen LogP contribution in [0.25, 0.3) is 0 Å². The van der Waals surface area contributed by atoms with Gasteiger partial charge in [-0.25, -0.2) is 9.59 Å². The molecule has 0 saturated heterocycles. The van der Waals surface area contributed by atoms with Gasteiger partial charge in [0.2, 0.25) is 0 Å². The van der Waals surface area contributed by atoms with Gasteiger partial charge in [-0.15, -0.1) is 6.58 Å². The Morgan fingerprint density at radius 2 is 2.06 bits per heavy atom. The van der Waals surface area contributed by atoms with Gasteiger partial charge >= 0.3 is 12.1 Å². The summed E-state index contributed by atoms with van der Waals surface area (Å²) in [7, 11) is 0. The quantitative estimate of drug-likeness (QED) is 0.833. The van der Waals surface area contributed by atoms with E-state index in [0.29, 0.717) is 5.69 Å². The molecule has 0 aromatic heterocycles. The molecule has 1 N–H and O–H groups in total. The highest BCUT2D eigenvalue weighted by atomic mass is 16.6. The Bertz CT molecular complexity index is 418. The summed E-state index contributed by atoms with van der Waals surface area (Å²) in [4.78, 5) is 24.6. The van der Waals surface area contributed by atoms with Crippen molar-refractivity contribution in [3.8, 4) is 0 Å². The van der Waals surface area contributed by atoms with E-state index in [1.165, 1.54) is 6.08 Å². The lowest BCUT2D eigenvalue weighted by Crippen LogP contribution is -2.44. The monoisotopic (exact) mass is 248 g/mol. The number of carbonyl (C=O) groups excluding carboxylic acids is 2. The summed E-state index contributed by atoms with van der Waals surface area (Å²) >= 11 is 0. The van der Waals surface area contributed by atoms with E-state index in [2.05, 4.69) is 11.9 Å². The number of nitrogens with one attached hydrogen (secondary N) is 1. The number of imide groups is 1. The number of hydrogen-bond acceptors (Lipinski definition) is 3. The first-order valence-corrected chi connectivity index (χ1v) is 5.61. The minimum Gasteiger partial charge on any atom is -0.449 e. The highest BCUT2D eigenvalue weighted by Crippen LogP contribution is 2.14. The normalized spacial score (nSPS) is 9.39. The molecule has 0 radical (unpaired) electrons. The zero-order valence-electron chi connectivity index (χ0n) is 10.3. The van der Waals surface area contributed by atoms with E-state index in [0.717, 1.165) is 4.90 Å². The highest BCUT2D eigenvalue weighted by Gasteiger charge is 2.23. The fraction of sp³-hybridized carbons (Fsp3) is 0.231. The van der Waals surface area contributed by atoms with Crippen LogP contribution in [0.5, 0.6) is 0 Å². The van der Waals surface area contributed by atoms with Crippen LogP contribution in [0.2, 0.25) is 0 Å². The van der Waals surface area contributed by atoms with Crippen LogP contribution in [0.1, 0.15) is 6.92 Å². The van der Waals surface area contributed by atoms with Crippen molar-refractivity contribution in [2.75, 3.05) is 18.1 Å². The van der Waals surface area contributed by atoms with Crippen LogP contribution in [0.15, 0.2) is 43.0 Å². The molecule has 0 aliphatic heterocycles. The van der Waals surface area contributed by atoms with Gasteiger partial charge in [-0.2, -0.15) is 4.90 Å². The van der Waals surface area contributed by atoms with Crippen molar-refractivity contribution in [3.05, 3.63) is 43.0 Å². The molecule has 0 bridgehead atoms. The number of nitrogens with zero attached hydrogens (tertiary/aromatic N) is 1. The Labute approximate surface area is 106 Å². The molecule has 0 aliphatic carbocycles. The van der Waals surface area contributed by atoms with E-state index in [1.807, 2.05) is 0 Å². The molecule has 0 saturated carbocycles. The first kappa shape index (κ1) is 13.8. The third-order valence-electron chi connectivity index (χ3n) is 2.07. The second kappa shape index (κ2) is 7.11. The van der Waals surface area contributed by atoms with Gasteiger partial charge in [0.05, 0.1) is 12.3 Å². The lowest BCUT2D eigenvalue weighted by atomic mass is 10.3. The third-order valence-corrected chi connectivity index (χ3v) is 2.07. The predicted octanol–water partition coefficient (Wildman–Crippen LogP) is 2.55. The highest BCUT2D eigenvalue weighted by molar-refractivity contribution is 6.11. The molecule has 3 amide bonds. The fourth-order valence-electron chi connectivity index (χ4n) is 1.31. The second-order valence-corrected chi connectivity index (χ2v) is 3.34. The van der Waals surface area contributed by atoms with Crippen LogP contribution in [0, 0.1) is 0 Å². The molecule has 96 valence electrons. The van der Waals surface area contributed by atoms with E-state index < -0.39 is 12.1 Å². The number of carbonyl (C=O) groups is 2. The number of rotatable bonds is 4. The van der Waals surface area contributed by atoms with E-state index in [9.17, 15) is 9.59 Å². The van der Waals surface area contributed by atoms with Crippen molar-refractivity contribution in [2.24, 2.45) is 0 Å². The molecule has 1 aromatic rings. The predicted molar refractivity (Wildman–Crippen MR) is 69.5 cm³/mol. The Balaban J connectivity index is 2.91. The van der Waals surface area contributed by atoms with Crippen LogP contribution in [0.4, 0.5) is 15.3 Å². The maximum absolute atomic E-state index is 11.9. The van der Waals surface area contributed by atoms with Crippen LogP contribution in [0.3, 0.4) is 0 Å². The number of urea groups is 1. The molecule has 0 fully saturated rings. The molecule has 0 heterocycles. The SMILES string of the molecule is C=CCNC(=O)N(C(=O)OCC)c1ccccc1. The number of para-hydroxylation sites is 1. The van der Waals surface area contributed by atoms with Gasteiger partial charge in [0.15, 0.2) is 0 Å². The van der Waals surface area contributed by atoms with E-state index in [4.69, 9.17) is 4.74 Å². The molecule has 1 aromatic carbocycles. The van der Waals surface area contributed by atoms with Crippen molar-refractivity contribution < 1.29 is 14.3 Å². The third kappa shape index (κ3) is 3.62. The molecule has 0 spiro atoms. The molecule has 5 nitrogen and oxygen atoms in total. The van der Waals surface area contributed by atoms with E-state index in [-0.39, 0.29) is 13.2 Å². The van der Waals surface area contributed by atoms with Crippen LogP contribution in [-0.4, -0.2) is 25.3 Å². The number of amides is 3. The van der Waals surface area contributed by atoms with Gasteiger partial charge in [0.25, 0.3) is 0 Å². The van der Waals surface area contributed by atoms with Gasteiger partial charge in [0, 0.05) is 6.54 Å². The Hall–Kier alpha value is -2.30. The lowest BCUT2D eigenvalue weighted by molar-refractivity contribution is 0.160. The molecule has 0 aliphatic rings. The first-order chi connectivity index (χ1) is 8.70. The molecule has 5 heteroatoms. The molecule has 18 heavy (non-hydrogen) atoms. The van der Waals surface area contributed by atoms with Crippen LogP contribution in [-0.2, 0) is 4.74 Å². The van der Waals surface area contributed by atoms with Crippen molar-refractivity contribution in [1.29, 1.82) is 0 Å². The average Bonchev–Trinajstić information content (AvgIpc) is 2.38. The minimum absolute atomic E-state index is 0.205. The van der Waals surface area contributed by atoms with Gasteiger partial charge in [-0.3, -0.25) is 0 Å². The van der Waals surface area contributed by atoms with Crippen molar-refractivity contribution >= 4 is 17.8 Å². The summed E-state index contributed by atoms with van der Waals surface area (Å²) in [6.07, 6.45) is 0.830. The van der Waals surface area contributed by atoms with Crippen molar-refractivity contribution in [1.82, 2.24) is 5.32 Å². The number of hydrogen-bond donors (Lipinski definition) is 1. The number of benzene rings is 1. The molecular formula is C13H16N2O3. The second-order valence-electron chi connectivity index (χ2n) is 3.34. The van der Waals surface area contributed by atoms with Gasteiger partial charge < -0.3 is 10.1 Å². The van der Waals surface area contributed by atoms with Gasteiger partial charge in [-0.05, 0) is 19.1 Å². The smallest absolute Gasteiger partial charge is 0.422 e. The summed E-state index contributed by atoms with van der Waals surface area (Å²) in [5, 5.41) is 2.54. The summed E-state index contributed by atoms with van der Waals surface area (Å²) in [5.41, 5.74) is 0.456. The number of anilines is 1. The van der Waals surface area contributed by atoms with Gasteiger partial charge in [0.1, 0.15) is 0 Å². The molecule has 1 rings (SSSR count). The minimum atomic E-state index is -0.703. The van der Waals surface area contributed by atoms with Crippen LogP contribution < -0.4 is 10.2 Å². The lowest BCUT2D eigenvalue weighted by Gasteiger charge is -2.20. The summed E-state index contributed by atoms with van der Waals surface area (Å²) in [6.45, 7) is 5.66. The Morgan fingerprint density at radius 1 is 1.39 bits per heavy atom. The Morgan fingerprint density at radius 3 is 2.61 bits per heavy atom. The largest absolute Gasteiger partial charge is 0.449 e. The van der Waals surface area contributed by atoms with Crippen molar-refractivity contribution in [3.63, 3.8) is 0 Å². The number of ether oxygens (including phenoxy) is 1. The zero-order valence-corrected chi connectivity index (χ0v) is 10.3. The summed E-state index contributed by atoms with van der Waals surface area (Å²) in [5.74, 6) is 0. The van der Waals surface area contributed by atoms with E-state index in [1.54, 1.807) is 37.3 Å². The molecule has 0 unspecified atom stereocenters. The Kier molecular flexibility index (Phi) is 5.44. The maximum atomic E-state index is 11.9. The van der Waals surface area contributed by atoms with Gasteiger partial charge in [-0.1, -0.05) is 24.3 Å². The molecule has 0 atom stereocenters. The van der Waals surface area contributed by atoms with E-state index >= 15 is 0 Å². The molecular weight excluding hydrogens is 232 g/mol. The first-order valence-electron chi connectivity index (χ1n) is 5.61. The zero-order chi connectivity index (χ0) is 13.4. The standard InChI is InChI=1S/C13H16N2O3/c1-3-10-14-12(16)15(13(17)18-4-2)11-8-6-5-7-9-11/h3,5-9H,1,4,10H2,2H3,(H,14,16). The van der Waals surface area contributed by atoms with Crippen LogP contribution >= 0.6 is 0 Å². The average molecular weight is 248 g/mol.